The zero-order chi connectivity index (χ0) is 22.4. The molecule has 0 bridgehead atoms. The molecule has 0 unspecified atom stereocenters. The maximum Gasteiger partial charge on any atom is 0.490 e. The lowest BCUT2D eigenvalue weighted by Crippen LogP contribution is -2.42. The van der Waals surface area contributed by atoms with Gasteiger partial charge in [-0.15, -0.1) is 0 Å². The van der Waals surface area contributed by atoms with Crippen molar-refractivity contribution in [1.82, 2.24) is 15.0 Å². The number of nitrogens with zero attached hydrogens (tertiary/aromatic N) is 4. The Morgan fingerprint density at radius 1 is 1.26 bits per heavy atom. The number of aromatic nitrogens is 3. The molecule has 0 radical (unpaired) electrons. The molecule has 3 atom stereocenters. The molecule has 2 aromatic heterocycles. The van der Waals surface area contributed by atoms with Gasteiger partial charge in [0.1, 0.15) is 12.2 Å². The Labute approximate surface area is 174 Å². The number of hydrogen-bond donors (Lipinski definition) is 1. The number of pyridine rings is 1. The van der Waals surface area contributed by atoms with Gasteiger partial charge < -0.3 is 19.5 Å². The van der Waals surface area contributed by atoms with Crippen molar-refractivity contribution in [2.45, 2.75) is 43.9 Å². The van der Waals surface area contributed by atoms with Crippen molar-refractivity contribution >= 4 is 11.9 Å². The number of carboxylic acid groups (broad SMARTS) is 1. The van der Waals surface area contributed by atoms with E-state index >= 15 is 0 Å². The summed E-state index contributed by atoms with van der Waals surface area (Å²) >= 11 is 0. The fourth-order valence-corrected chi connectivity index (χ4v) is 3.42. The Hall–Kier alpha value is -2.86. The van der Waals surface area contributed by atoms with Crippen LogP contribution >= 0.6 is 0 Å². The first kappa shape index (κ1) is 22.8. The van der Waals surface area contributed by atoms with Gasteiger partial charge in [-0.05, 0) is 30.5 Å². The summed E-state index contributed by atoms with van der Waals surface area (Å²) in [4.78, 5) is 23.2. The molecule has 2 aliphatic rings. The molecular formula is C19H20F4N4O4. The largest absolute Gasteiger partial charge is 0.490 e. The Morgan fingerprint density at radius 3 is 2.52 bits per heavy atom. The highest BCUT2D eigenvalue weighted by molar-refractivity contribution is 5.73. The van der Waals surface area contributed by atoms with Crippen LogP contribution in [0.2, 0.25) is 0 Å². The molecule has 0 aliphatic carbocycles. The van der Waals surface area contributed by atoms with E-state index in [4.69, 9.17) is 19.4 Å². The van der Waals surface area contributed by atoms with Crippen LogP contribution < -0.4 is 4.90 Å². The van der Waals surface area contributed by atoms with Gasteiger partial charge in [0, 0.05) is 19.0 Å². The maximum atomic E-state index is 13.1. The molecule has 168 valence electrons. The molecule has 2 saturated heterocycles. The first-order valence-corrected chi connectivity index (χ1v) is 9.42. The normalized spacial score (nSPS) is 23.0. The van der Waals surface area contributed by atoms with Gasteiger partial charge >= 0.3 is 12.1 Å². The number of rotatable bonds is 4. The number of aliphatic carboxylic acids is 1. The second-order valence-electron chi connectivity index (χ2n) is 6.91. The lowest BCUT2D eigenvalue weighted by molar-refractivity contribution is -0.192. The smallest absolute Gasteiger partial charge is 0.475 e. The minimum atomic E-state index is -5.08. The molecule has 0 saturated carbocycles. The number of carboxylic acids is 1. The fourth-order valence-electron chi connectivity index (χ4n) is 3.42. The van der Waals surface area contributed by atoms with Crippen LogP contribution in [0.4, 0.5) is 23.5 Å². The van der Waals surface area contributed by atoms with Gasteiger partial charge in [0.2, 0.25) is 5.95 Å². The summed E-state index contributed by atoms with van der Waals surface area (Å²) in [5, 5.41) is 7.12. The summed E-state index contributed by atoms with van der Waals surface area (Å²) in [7, 11) is 0. The standard InChI is InChI=1S/C17H19FN4O2.C2HF3O2/c18-13-8-20-17(21-9-13)22-10-15(16-14(22)2-1-7-23-16)24-11-12-3-5-19-6-4-12;3-2(4,5)1(6)7/h3-6,8-9,14-16H,1-2,7,10-11H2;(H,6,7)/t14-,15-,16+;/m1./s1. The Bertz CT molecular complexity index is 854. The highest BCUT2D eigenvalue weighted by atomic mass is 19.4. The van der Waals surface area contributed by atoms with Crippen molar-refractivity contribution in [1.29, 1.82) is 0 Å². The van der Waals surface area contributed by atoms with Crippen molar-refractivity contribution in [2.24, 2.45) is 0 Å². The van der Waals surface area contributed by atoms with Crippen LogP contribution in [0.25, 0.3) is 0 Å². The van der Waals surface area contributed by atoms with E-state index in [1.165, 1.54) is 12.4 Å². The molecule has 4 heterocycles. The molecule has 2 fully saturated rings. The topological polar surface area (TPSA) is 97.7 Å². The molecule has 4 rings (SSSR count). The summed E-state index contributed by atoms with van der Waals surface area (Å²) in [5.74, 6) is -2.65. The summed E-state index contributed by atoms with van der Waals surface area (Å²) in [6, 6.07) is 4.05. The van der Waals surface area contributed by atoms with E-state index in [1.807, 2.05) is 12.1 Å². The second kappa shape index (κ2) is 9.96. The fraction of sp³-hybridized carbons (Fsp3) is 0.474. The number of fused-ring (bicyclic) bond motifs is 1. The molecule has 0 spiro atoms. The first-order chi connectivity index (χ1) is 14.8. The molecule has 31 heavy (non-hydrogen) atoms. The first-order valence-electron chi connectivity index (χ1n) is 9.42. The van der Waals surface area contributed by atoms with Crippen molar-refractivity contribution in [3.8, 4) is 0 Å². The number of anilines is 1. The minimum Gasteiger partial charge on any atom is -0.475 e. The Balaban J connectivity index is 0.000000339. The van der Waals surface area contributed by atoms with Crippen LogP contribution in [0.1, 0.15) is 18.4 Å². The average molecular weight is 444 g/mol. The van der Waals surface area contributed by atoms with Crippen molar-refractivity contribution < 1.29 is 36.9 Å². The van der Waals surface area contributed by atoms with Crippen LogP contribution in [0.15, 0.2) is 36.9 Å². The lowest BCUT2D eigenvalue weighted by atomic mass is 10.0. The highest BCUT2D eigenvalue weighted by Gasteiger charge is 2.45. The number of hydrogen-bond acceptors (Lipinski definition) is 7. The molecule has 8 nitrogen and oxygen atoms in total. The van der Waals surface area contributed by atoms with E-state index < -0.39 is 18.0 Å². The van der Waals surface area contributed by atoms with E-state index in [0.29, 0.717) is 19.1 Å². The molecule has 12 heteroatoms. The average Bonchev–Trinajstić information content (AvgIpc) is 3.12. The third-order valence-electron chi connectivity index (χ3n) is 4.80. The van der Waals surface area contributed by atoms with Gasteiger partial charge in [-0.25, -0.2) is 19.2 Å². The van der Waals surface area contributed by atoms with Crippen LogP contribution in [-0.2, 0) is 20.9 Å². The maximum absolute atomic E-state index is 13.1. The van der Waals surface area contributed by atoms with E-state index in [2.05, 4.69) is 19.9 Å². The number of ether oxygens (including phenoxy) is 2. The van der Waals surface area contributed by atoms with Crippen LogP contribution in [0, 0.1) is 5.82 Å². The van der Waals surface area contributed by atoms with Crippen molar-refractivity contribution in [2.75, 3.05) is 18.1 Å². The molecule has 2 aliphatic heterocycles. The number of carbonyl (C=O) groups is 1. The van der Waals surface area contributed by atoms with E-state index in [9.17, 15) is 17.6 Å². The SMILES string of the molecule is Fc1cnc(N2C[C@@H](OCc3ccncc3)[C@H]3OCCC[C@H]32)nc1.O=C(O)C(F)(F)F. The Morgan fingerprint density at radius 2 is 1.90 bits per heavy atom. The minimum absolute atomic E-state index is 0.00533. The predicted octanol–water partition coefficient (Wildman–Crippen LogP) is 2.60. The summed E-state index contributed by atoms with van der Waals surface area (Å²) in [6.07, 6.45) is 2.76. The second-order valence-corrected chi connectivity index (χ2v) is 6.91. The highest BCUT2D eigenvalue weighted by Crippen LogP contribution is 2.33. The lowest BCUT2D eigenvalue weighted by Gasteiger charge is -2.32. The summed E-state index contributed by atoms with van der Waals surface area (Å²) in [6.45, 7) is 1.90. The zero-order valence-electron chi connectivity index (χ0n) is 16.2. The van der Waals surface area contributed by atoms with Crippen LogP contribution in [0.3, 0.4) is 0 Å². The third kappa shape index (κ3) is 6.07. The monoisotopic (exact) mass is 444 g/mol. The van der Waals surface area contributed by atoms with Gasteiger partial charge in [-0.2, -0.15) is 13.2 Å². The van der Waals surface area contributed by atoms with Crippen LogP contribution in [-0.4, -0.2) is 63.6 Å². The predicted molar refractivity (Wildman–Crippen MR) is 98.6 cm³/mol. The molecule has 1 N–H and O–H groups in total. The van der Waals surface area contributed by atoms with Gasteiger partial charge in [-0.1, -0.05) is 0 Å². The van der Waals surface area contributed by atoms with E-state index in [1.54, 1.807) is 12.4 Å². The molecule has 0 amide bonds. The number of halogens is 4. The van der Waals surface area contributed by atoms with E-state index in [0.717, 1.165) is 25.0 Å². The third-order valence-corrected chi connectivity index (χ3v) is 4.80. The number of alkyl halides is 3. The van der Waals surface area contributed by atoms with Gasteiger partial charge in [0.25, 0.3) is 0 Å². The van der Waals surface area contributed by atoms with Crippen molar-refractivity contribution in [3.63, 3.8) is 0 Å². The van der Waals surface area contributed by atoms with Crippen LogP contribution in [0.5, 0.6) is 0 Å². The van der Waals surface area contributed by atoms with Gasteiger partial charge in [0.15, 0.2) is 5.82 Å². The van der Waals surface area contributed by atoms with Gasteiger partial charge in [-0.3, -0.25) is 4.98 Å². The quantitative estimate of drug-likeness (QED) is 0.719. The Kier molecular flexibility index (Phi) is 7.33. The summed E-state index contributed by atoms with van der Waals surface area (Å²) in [5.41, 5.74) is 1.08. The molecule has 0 aromatic carbocycles. The molecule has 2 aromatic rings. The van der Waals surface area contributed by atoms with Crippen molar-refractivity contribution in [3.05, 3.63) is 48.3 Å². The summed E-state index contributed by atoms with van der Waals surface area (Å²) < 4.78 is 56.9. The van der Waals surface area contributed by atoms with E-state index in [-0.39, 0.29) is 18.2 Å². The zero-order valence-corrected chi connectivity index (χ0v) is 16.2. The molecular weight excluding hydrogens is 424 g/mol. The van der Waals surface area contributed by atoms with Gasteiger partial charge in [0.05, 0.1) is 31.6 Å².